The molecule has 0 atom stereocenters. The van der Waals surface area contributed by atoms with Gasteiger partial charge >= 0.3 is 0 Å². The largest absolute Gasteiger partial charge is 0.497 e. The molecule has 28 heavy (non-hydrogen) atoms. The highest BCUT2D eigenvalue weighted by molar-refractivity contribution is 5.94. The van der Waals surface area contributed by atoms with Crippen molar-refractivity contribution >= 4 is 0 Å². The van der Waals surface area contributed by atoms with E-state index in [-0.39, 0.29) is 5.56 Å². The first kappa shape index (κ1) is 17.9. The van der Waals surface area contributed by atoms with E-state index in [1.165, 1.54) is 6.07 Å². The molecule has 0 unspecified atom stereocenters. The van der Waals surface area contributed by atoms with Gasteiger partial charge in [0.25, 0.3) is 0 Å². The summed E-state index contributed by atoms with van der Waals surface area (Å²) >= 11 is 0. The SMILES string of the molecule is COc1ccc(-c2c(F)c(F)cc(-c3ccccc3)c2-c2ccccc2)cc1. The van der Waals surface area contributed by atoms with Crippen molar-refractivity contribution in [3.8, 4) is 39.1 Å². The Kier molecular flexibility index (Phi) is 4.90. The molecule has 0 heterocycles. The number of hydrogen-bond acceptors (Lipinski definition) is 1. The first-order valence-electron chi connectivity index (χ1n) is 8.96. The van der Waals surface area contributed by atoms with Gasteiger partial charge in [-0.3, -0.25) is 0 Å². The molecule has 0 radical (unpaired) electrons. The van der Waals surface area contributed by atoms with Crippen LogP contribution in [0.5, 0.6) is 5.75 Å². The fraction of sp³-hybridized carbons (Fsp3) is 0.0400. The molecule has 1 nitrogen and oxygen atoms in total. The van der Waals surface area contributed by atoms with Crippen LogP contribution in [0.3, 0.4) is 0 Å². The monoisotopic (exact) mass is 372 g/mol. The summed E-state index contributed by atoms with van der Waals surface area (Å²) in [6, 6.07) is 27.2. The molecule has 0 amide bonds. The Morgan fingerprint density at radius 3 is 1.71 bits per heavy atom. The molecule has 0 bridgehead atoms. The van der Waals surface area contributed by atoms with E-state index in [4.69, 9.17) is 4.74 Å². The van der Waals surface area contributed by atoms with Crippen LogP contribution in [0.15, 0.2) is 91.0 Å². The van der Waals surface area contributed by atoms with Gasteiger partial charge in [-0.05, 0) is 40.5 Å². The Bertz CT molecular complexity index is 1090. The maximum atomic E-state index is 15.1. The van der Waals surface area contributed by atoms with Crippen molar-refractivity contribution in [2.45, 2.75) is 0 Å². The molecule has 0 aliphatic rings. The Balaban J connectivity index is 2.07. The lowest BCUT2D eigenvalue weighted by Gasteiger charge is -2.18. The van der Waals surface area contributed by atoms with Crippen LogP contribution in [-0.2, 0) is 0 Å². The third-order valence-corrected chi connectivity index (χ3v) is 4.75. The highest BCUT2D eigenvalue weighted by Gasteiger charge is 2.22. The van der Waals surface area contributed by atoms with E-state index in [9.17, 15) is 4.39 Å². The lowest BCUT2D eigenvalue weighted by atomic mass is 9.87. The van der Waals surface area contributed by atoms with Crippen molar-refractivity contribution in [3.63, 3.8) is 0 Å². The van der Waals surface area contributed by atoms with Crippen LogP contribution in [0.25, 0.3) is 33.4 Å². The van der Waals surface area contributed by atoms with E-state index in [0.29, 0.717) is 22.4 Å². The van der Waals surface area contributed by atoms with Crippen molar-refractivity contribution < 1.29 is 13.5 Å². The predicted octanol–water partition coefficient (Wildman–Crippen LogP) is 6.97. The minimum atomic E-state index is -0.871. The van der Waals surface area contributed by atoms with E-state index in [2.05, 4.69) is 0 Å². The first-order valence-corrected chi connectivity index (χ1v) is 8.96. The summed E-state index contributed by atoms with van der Waals surface area (Å²) < 4.78 is 35.0. The summed E-state index contributed by atoms with van der Waals surface area (Å²) in [6.45, 7) is 0. The summed E-state index contributed by atoms with van der Waals surface area (Å²) in [6.07, 6.45) is 0. The van der Waals surface area contributed by atoms with Gasteiger partial charge < -0.3 is 4.74 Å². The number of benzene rings is 4. The zero-order valence-electron chi connectivity index (χ0n) is 15.3. The first-order chi connectivity index (χ1) is 13.7. The topological polar surface area (TPSA) is 9.23 Å². The maximum Gasteiger partial charge on any atom is 0.167 e. The Morgan fingerprint density at radius 1 is 0.607 bits per heavy atom. The second kappa shape index (κ2) is 7.65. The van der Waals surface area contributed by atoms with Crippen LogP contribution in [0.4, 0.5) is 8.78 Å². The summed E-state index contributed by atoms with van der Waals surface area (Å²) in [7, 11) is 1.57. The zero-order valence-corrected chi connectivity index (χ0v) is 15.3. The van der Waals surface area contributed by atoms with Crippen molar-refractivity contribution in [1.82, 2.24) is 0 Å². The van der Waals surface area contributed by atoms with E-state index < -0.39 is 11.6 Å². The normalized spacial score (nSPS) is 10.7. The van der Waals surface area contributed by atoms with E-state index >= 15 is 4.39 Å². The predicted molar refractivity (Wildman–Crippen MR) is 109 cm³/mol. The second-order valence-corrected chi connectivity index (χ2v) is 6.43. The zero-order chi connectivity index (χ0) is 19.5. The van der Waals surface area contributed by atoms with Gasteiger partial charge in [-0.2, -0.15) is 0 Å². The molecule has 0 spiro atoms. The van der Waals surface area contributed by atoms with Crippen molar-refractivity contribution in [2.24, 2.45) is 0 Å². The molecule has 0 aromatic heterocycles. The summed E-state index contributed by atoms with van der Waals surface area (Å²) in [5.41, 5.74) is 3.80. The minimum Gasteiger partial charge on any atom is -0.497 e. The molecular formula is C25H18F2O. The van der Waals surface area contributed by atoms with Gasteiger partial charge in [-0.25, -0.2) is 8.78 Å². The number of rotatable bonds is 4. The Hall–Kier alpha value is -3.46. The quantitative estimate of drug-likeness (QED) is 0.376. The van der Waals surface area contributed by atoms with Gasteiger partial charge in [0.2, 0.25) is 0 Å². The molecule has 4 aromatic carbocycles. The molecule has 0 saturated carbocycles. The van der Waals surface area contributed by atoms with E-state index in [1.807, 2.05) is 60.7 Å². The van der Waals surface area contributed by atoms with Gasteiger partial charge in [0.1, 0.15) is 5.75 Å². The molecule has 0 saturated heterocycles. The van der Waals surface area contributed by atoms with Gasteiger partial charge in [0, 0.05) is 11.1 Å². The van der Waals surface area contributed by atoms with Crippen molar-refractivity contribution in [1.29, 1.82) is 0 Å². The van der Waals surface area contributed by atoms with Crippen molar-refractivity contribution in [3.05, 3.63) is 103 Å². The average molecular weight is 372 g/mol. The molecule has 4 rings (SSSR count). The minimum absolute atomic E-state index is 0.243. The van der Waals surface area contributed by atoms with Crippen LogP contribution in [-0.4, -0.2) is 7.11 Å². The molecule has 0 fully saturated rings. The maximum absolute atomic E-state index is 15.1. The van der Waals surface area contributed by atoms with Crippen LogP contribution < -0.4 is 4.74 Å². The van der Waals surface area contributed by atoms with Gasteiger partial charge in [-0.1, -0.05) is 72.8 Å². The van der Waals surface area contributed by atoms with Gasteiger partial charge in [-0.15, -0.1) is 0 Å². The molecule has 0 N–H and O–H groups in total. The second-order valence-electron chi connectivity index (χ2n) is 6.43. The third-order valence-electron chi connectivity index (χ3n) is 4.75. The Morgan fingerprint density at radius 2 is 1.14 bits per heavy atom. The van der Waals surface area contributed by atoms with Gasteiger partial charge in [0.15, 0.2) is 11.6 Å². The van der Waals surface area contributed by atoms with Gasteiger partial charge in [0.05, 0.1) is 7.11 Å². The molecule has 0 aliphatic heterocycles. The number of methoxy groups -OCH3 is 1. The molecule has 0 aliphatic carbocycles. The summed E-state index contributed by atoms with van der Waals surface area (Å²) in [4.78, 5) is 0. The van der Waals surface area contributed by atoms with Crippen LogP contribution in [0, 0.1) is 11.6 Å². The highest BCUT2D eigenvalue weighted by atomic mass is 19.2. The standard InChI is InChI=1S/C25H18F2O/c1-28-20-14-12-19(13-15-20)24-23(18-10-6-3-7-11-18)21(16-22(26)25(24)27)17-8-4-2-5-9-17/h2-16H,1H3. The lowest BCUT2D eigenvalue weighted by Crippen LogP contribution is -1.98. The highest BCUT2D eigenvalue weighted by Crippen LogP contribution is 2.42. The van der Waals surface area contributed by atoms with Crippen molar-refractivity contribution in [2.75, 3.05) is 7.11 Å². The summed E-state index contributed by atoms with van der Waals surface area (Å²) in [5, 5.41) is 0. The van der Waals surface area contributed by atoms with E-state index in [1.54, 1.807) is 31.4 Å². The molecule has 3 heteroatoms. The van der Waals surface area contributed by atoms with Crippen LogP contribution in [0.1, 0.15) is 0 Å². The number of halogens is 2. The Labute approximate surface area is 162 Å². The van der Waals surface area contributed by atoms with Crippen LogP contribution in [0.2, 0.25) is 0 Å². The smallest absolute Gasteiger partial charge is 0.167 e. The molecular weight excluding hydrogens is 354 g/mol. The van der Waals surface area contributed by atoms with E-state index in [0.717, 1.165) is 11.1 Å². The molecule has 138 valence electrons. The third kappa shape index (κ3) is 3.27. The number of hydrogen-bond donors (Lipinski definition) is 0. The fourth-order valence-electron chi connectivity index (χ4n) is 3.40. The molecule has 4 aromatic rings. The number of ether oxygens (including phenoxy) is 1. The lowest BCUT2D eigenvalue weighted by molar-refractivity contribution is 0.415. The van der Waals surface area contributed by atoms with Crippen LogP contribution >= 0.6 is 0 Å². The fourth-order valence-corrected chi connectivity index (χ4v) is 3.40. The average Bonchev–Trinajstić information content (AvgIpc) is 2.76. The summed E-state index contributed by atoms with van der Waals surface area (Å²) in [5.74, 6) is -1.07.